The normalized spacial score (nSPS) is 33.6. The van der Waals surface area contributed by atoms with Gasteiger partial charge in [-0.3, -0.25) is 0 Å². The quantitative estimate of drug-likeness (QED) is 0.791. The van der Waals surface area contributed by atoms with Crippen LogP contribution < -0.4 is 0 Å². The molecular weight excluding hydrogens is 224 g/mol. The summed E-state index contributed by atoms with van der Waals surface area (Å²) in [6, 6.07) is 10.7. The Morgan fingerprint density at radius 1 is 0.944 bits per heavy atom. The van der Waals surface area contributed by atoms with Crippen molar-refractivity contribution in [3.8, 4) is 0 Å². The van der Waals surface area contributed by atoms with Crippen molar-refractivity contribution in [1.82, 2.24) is 0 Å². The van der Waals surface area contributed by atoms with E-state index in [4.69, 9.17) is 9.47 Å². The van der Waals surface area contributed by atoms with Crippen LogP contribution in [-0.2, 0) is 9.47 Å². The molecule has 0 unspecified atom stereocenters. The zero-order valence-corrected chi connectivity index (χ0v) is 11.6. The molecule has 1 aliphatic heterocycles. The molecule has 0 spiro atoms. The Hall–Kier alpha value is -0.860. The average molecular weight is 246 g/mol. The van der Waals surface area contributed by atoms with Crippen molar-refractivity contribution in [2.45, 2.75) is 57.5 Å². The summed E-state index contributed by atoms with van der Waals surface area (Å²) in [7, 11) is 0. The molecule has 0 N–H and O–H groups in total. The summed E-state index contributed by atoms with van der Waals surface area (Å²) in [5.74, 6) is 1.13. The van der Waals surface area contributed by atoms with E-state index in [1.165, 1.54) is 12.0 Å². The minimum atomic E-state index is -0.207. The lowest BCUT2D eigenvalue weighted by Gasteiger charge is -2.30. The molecule has 98 valence electrons. The summed E-state index contributed by atoms with van der Waals surface area (Å²) in [5.41, 5.74) is 1.00. The van der Waals surface area contributed by atoms with Crippen molar-refractivity contribution in [2.75, 3.05) is 0 Å². The van der Waals surface area contributed by atoms with Crippen LogP contribution in [-0.4, -0.2) is 17.5 Å². The number of hydrogen-bond acceptors (Lipinski definition) is 2. The van der Waals surface area contributed by atoms with Gasteiger partial charge in [0.1, 0.15) is 0 Å². The molecule has 1 saturated heterocycles. The van der Waals surface area contributed by atoms with Gasteiger partial charge < -0.3 is 9.47 Å². The fraction of sp³-hybridized carbons (Fsp3) is 0.625. The van der Waals surface area contributed by atoms with Gasteiger partial charge >= 0.3 is 0 Å². The van der Waals surface area contributed by atoms with Crippen LogP contribution in [0.2, 0.25) is 0 Å². The minimum Gasteiger partial charge on any atom is -0.343 e. The SMILES string of the molecule is CC1(C)OC([C@@H]2C[C@H]2c2ccccc2)OC1(C)C. The van der Waals surface area contributed by atoms with Crippen molar-refractivity contribution < 1.29 is 9.47 Å². The van der Waals surface area contributed by atoms with E-state index in [9.17, 15) is 0 Å². The van der Waals surface area contributed by atoms with Gasteiger partial charge in [0.05, 0.1) is 11.2 Å². The first-order chi connectivity index (χ1) is 8.41. The molecule has 0 amide bonds. The lowest BCUT2D eigenvalue weighted by atomic mass is 9.90. The van der Waals surface area contributed by atoms with Crippen LogP contribution in [0.5, 0.6) is 0 Å². The number of ether oxygens (including phenoxy) is 2. The molecule has 0 bridgehead atoms. The van der Waals surface area contributed by atoms with Crippen LogP contribution in [0.4, 0.5) is 0 Å². The first-order valence-electron chi connectivity index (χ1n) is 6.81. The Balaban J connectivity index is 1.70. The third kappa shape index (κ3) is 1.88. The van der Waals surface area contributed by atoms with Crippen LogP contribution in [0.3, 0.4) is 0 Å². The van der Waals surface area contributed by atoms with Crippen molar-refractivity contribution in [2.24, 2.45) is 5.92 Å². The first kappa shape index (κ1) is 12.2. The molecule has 1 aromatic rings. The van der Waals surface area contributed by atoms with Gasteiger partial charge in [-0.25, -0.2) is 0 Å². The lowest BCUT2D eigenvalue weighted by molar-refractivity contribution is -0.101. The van der Waals surface area contributed by atoms with Crippen molar-refractivity contribution in [3.63, 3.8) is 0 Å². The van der Waals surface area contributed by atoms with E-state index in [1.807, 2.05) is 0 Å². The number of rotatable bonds is 2. The highest BCUT2D eigenvalue weighted by molar-refractivity contribution is 5.26. The second-order valence-corrected chi connectivity index (χ2v) is 6.54. The van der Waals surface area contributed by atoms with Gasteiger partial charge in [-0.1, -0.05) is 30.3 Å². The molecular formula is C16H22O2. The summed E-state index contributed by atoms with van der Waals surface area (Å²) in [5, 5.41) is 0. The lowest BCUT2D eigenvalue weighted by Crippen LogP contribution is -2.41. The van der Waals surface area contributed by atoms with E-state index in [-0.39, 0.29) is 17.5 Å². The highest BCUT2D eigenvalue weighted by atomic mass is 16.7. The van der Waals surface area contributed by atoms with Crippen LogP contribution >= 0.6 is 0 Å². The second kappa shape index (κ2) is 3.82. The Kier molecular flexibility index (Phi) is 2.58. The van der Waals surface area contributed by atoms with Crippen molar-refractivity contribution >= 4 is 0 Å². The molecule has 18 heavy (non-hydrogen) atoms. The van der Waals surface area contributed by atoms with E-state index in [0.29, 0.717) is 11.8 Å². The first-order valence-corrected chi connectivity index (χ1v) is 6.81. The molecule has 1 saturated carbocycles. The monoisotopic (exact) mass is 246 g/mol. The van der Waals surface area contributed by atoms with E-state index in [2.05, 4.69) is 58.0 Å². The van der Waals surface area contributed by atoms with Gasteiger partial charge in [-0.15, -0.1) is 0 Å². The highest BCUT2D eigenvalue weighted by Gasteiger charge is 2.56. The van der Waals surface area contributed by atoms with Gasteiger partial charge in [0.25, 0.3) is 0 Å². The molecule has 2 aliphatic rings. The second-order valence-electron chi connectivity index (χ2n) is 6.54. The van der Waals surface area contributed by atoms with Crippen molar-refractivity contribution in [1.29, 1.82) is 0 Å². The molecule has 2 heteroatoms. The van der Waals surface area contributed by atoms with Gasteiger partial charge in [0.2, 0.25) is 0 Å². The van der Waals surface area contributed by atoms with Gasteiger partial charge in [-0.05, 0) is 45.6 Å². The van der Waals surface area contributed by atoms with Crippen LogP contribution in [0.1, 0.15) is 45.6 Å². The largest absolute Gasteiger partial charge is 0.343 e. The van der Waals surface area contributed by atoms with Crippen molar-refractivity contribution in [3.05, 3.63) is 35.9 Å². The summed E-state index contributed by atoms with van der Waals surface area (Å²) in [6.07, 6.45) is 1.14. The minimum absolute atomic E-state index is 0.0415. The van der Waals surface area contributed by atoms with E-state index in [0.717, 1.165) is 0 Å². The Morgan fingerprint density at radius 2 is 1.50 bits per heavy atom. The maximum Gasteiger partial charge on any atom is 0.162 e. The zero-order chi connectivity index (χ0) is 13.0. The molecule has 3 rings (SSSR count). The van der Waals surface area contributed by atoms with E-state index in [1.54, 1.807) is 0 Å². The van der Waals surface area contributed by atoms with Crippen LogP contribution in [0, 0.1) is 5.92 Å². The third-order valence-corrected chi connectivity index (χ3v) is 4.69. The van der Waals surface area contributed by atoms with Crippen LogP contribution in [0.25, 0.3) is 0 Å². The number of benzene rings is 1. The molecule has 2 fully saturated rings. The summed E-state index contributed by atoms with van der Waals surface area (Å²) in [4.78, 5) is 0. The third-order valence-electron chi connectivity index (χ3n) is 4.69. The molecule has 1 aromatic carbocycles. The molecule has 2 nitrogen and oxygen atoms in total. The smallest absolute Gasteiger partial charge is 0.162 e. The molecule has 1 aliphatic carbocycles. The summed E-state index contributed by atoms with van der Waals surface area (Å²) < 4.78 is 12.2. The summed E-state index contributed by atoms with van der Waals surface area (Å²) >= 11 is 0. The van der Waals surface area contributed by atoms with Gasteiger partial charge in [0, 0.05) is 5.92 Å². The Labute approximate surface area is 109 Å². The van der Waals surface area contributed by atoms with Crippen LogP contribution in [0.15, 0.2) is 30.3 Å². The fourth-order valence-electron chi connectivity index (χ4n) is 2.66. The predicted molar refractivity (Wildman–Crippen MR) is 71.4 cm³/mol. The zero-order valence-electron chi connectivity index (χ0n) is 11.6. The maximum atomic E-state index is 6.12. The standard InChI is InChI=1S/C16H22O2/c1-15(2)16(3,4)18-14(17-15)13-10-12(13)11-8-6-5-7-9-11/h5-9,12-14H,10H2,1-4H3/t12-,13+/m0/s1. The maximum absolute atomic E-state index is 6.12. The molecule has 1 heterocycles. The van der Waals surface area contributed by atoms with E-state index >= 15 is 0 Å². The van der Waals surface area contributed by atoms with E-state index < -0.39 is 0 Å². The number of hydrogen-bond donors (Lipinski definition) is 0. The Bertz CT molecular complexity index is 420. The Morgan fingerprint density at radius 3 is 2.06 bits per heavy atom. The van der Waals surface area contributed by atoms with Gasteiger partial charge in [0.15, 0.2) is 6.29 Å². The predicted octanol–water partition coefficient (Wildman–Crippen LogP) is 3.72. The fourth-order valence-corrected chi connectivity index (χ4v) is 2.66. The summed E-state index contributed by atoms with van der Waals surface area (Å²) in [6.45, 7) is 8.47. The topological polar surface area (TPSA) is 18.5 Å². The molecule has 0 radical (unpaired) electrons. The van der Waals surface area contributed by atoms with Gasteiger partial charge in [-0.2, -0.15) is 0 Å². The molecule has 2 atom stereocenters. The average Bonchev–Trinajstić information content (AvgIpc) is 3.04. The highest BCUT2D eigenvalue weighted by Crippen LogP contribution is 2.55. The molecule has 0 aromatic heterocycles.